The fourth-order valence-corrected chi connectivity index (χ4v) is 2.91. The van der Waals surface area contributed by atoms with Crippen molar-refractivity contribution in [2.45, 2.75) is 26.4 Å². The van der Waals surface area contributed by atoms with Crippen molar-refractivity contribution in [2.75, 3.05) is 13.2 Å². The molecule has 0 saturated heterocycles. The third kappa shape index (κ3) is 4.46. The van der Waals surface area contributed by atoms with Crippen LogP contribution in [0.3, 0.4) is 0 Å². The van der Waals surface area contributed by atoms with Gasteiger partial charge in [0.15, 0.2) is 11.5 Å². The number of nitrogens with one attached hydrogen (secondary N) is 1. The topological polar surface area (TPSA) is 43.6 Å². The van der Waals surface area contributed by atoms with Crippen molar-refractivity contribution in [3.8, 4) is 11.5 Å². The Hall–Kier alpha value is -2.72. The molecule has 4 nitrogen and oxygen atoms in total. The monoisotopic (exact) mass is 351 g/mol. The molecule has 1 aromatic heterocycles. The zero-order chi connectivity index (χ0) is 18.2. The van der Waals surface area contributed by atoms with Crippen LogP contribution in [0.4, 0.5) is 0 Å². The third-order valence-corrected chi connectivity index (χ3v) is 4.08. The highest BCUT2D eigenvalue weighted by molar-refractivity contribution is 5.43. The maximum atomic E-state index is 5.72. The summed E-state index contributed by atoms with van der Waals surface area (Å²) in [5.41, 5.74) is 2.29. The molecule has 3 aromatic rings. The number of furan rings is 1. The van der Waals surface area contributed by atoms with E-state index in [1.165, 1.54) is 5.56 Å². The van der Waals surface area contributed by atoms with Gasteiger partial charge >= 0.3 is 0 Å². The lowest BCUT2D eigenvalue weighted by atomic mass is 10.0. The van der Waals surface area contributed by atoms with Crippen LogP contribution in [0.1, 0.15) is 36.8 Å². The Balaban J connectivity index is 1.78. The lowest BCUT2D eigenvalue weighted by Crippen LogP contribution is -2.21. The Morgan fingerprint density at radius 1 is 0.885 bits per heavy atom. The van der Waals surface area contributed by atoms with Crippen LogP contribution >= 0.6 is 0 Å². The largest absolute Gasteiger partial charge is 0.490 e. The normalized spacial score (nSPS) is 11.9. The molecule has 0 aliphatic rings. The zero-order valence-electron chi connectivity index (χ0n) is 15.3. The van der Waals surface area contributed by atoms with E-state index in [1.807, 2.05) is 56.3 Å². The van der Waals surface area contributed by atoms with Crippen LogP contribution in [0.5, 0.6) is 11.5 Å². The van der Waals surface area contributed by atoms with Crippen molar-refractivity contribution in [1.29, 1.82) is 0 Å². The third-order valence-electron chi connectivity index (χ3n) is 4.08. The molecular weight excluding hydrogens is 326 g/mol. The number of hydrogen-bond acceptors (Lipinski definition) is 4. The van der Waals surface area contributed by atoms with Gasteiger partial charge in [0.1, 0.15) is 5.76 Å². The summed E-state index contributed by atoms with van der Waals surface area (Å²) in [5.74, 6) is 2.46. The average molecular weight is 351 g/mol. The molecular formula is C22H25NO3. The SMILES string of the molecule is CCOc1ccc(CNC(c2ccccc2)c2ccco2)cc1OCC. The lowest BCUT2D eigenvalue weighted by molar-refractivity contribution is 0.287. The van der Waals surface area contributed by atoms with Crippen LogP contribution < -0.4 is 14.8 Å². The van der Waals surface area contributed by atoms with E-state index in [-0.39, 0.29) is 6.04 Å². The summed E-state index contributed by atoms with van der Waals surface area (Å²) < 4.78 is 17.0. The van der Waals surface area contributed by atoms with Crippen LogP contribution in [-0.2, 0) is 6.54 Å². The van der Waals surface area contributed by atoms with Gasteiger partial charge in [-0.25, -0.2) is 0 Å². The van der Waals surface area contributed by atoms with Crippen LogP contribution in [-0.4, -0.2) is 13.2 Å². The van der Waals surface area contributed by atoms with Crippen molar-refractivity contribution in [1.82, 2.24) is 5.32 Å². The minimum Gasteiger partial charge on any atom is -0.490 e. The summed E-state index contributed by atoms with van der Waals surface area (Å²) in [6.45, 7) is 5.86. The van der Waals surface area contributed by atoms with Crippen LogP contribution in [0.2, 0.25) is 0 Å². The average Bonchev–Trinajstić information content (AvgIpc) is 3.20. The van der Waals surface area contributed by atoms with E-state index in [0.717, 1.165) is 22.8 Å². The second-order valence-electron chi connectivity index (χ2n) is 5.89. The van der Waals surface area contributed by atoms with E-state index >= 15 is 0 Å². The fraction of sp³-hybridized carbons (Fsp3) is 0.273. The van der Waals surface area contributed by atoms with Gasteiger partial charge < -0.3 is 13.9 Å². The first-order valence-corrected chi connectivity index (χ1v) is 9.02. The van der Waals surface area contributed by atoms with Crippen molar-refractivity contribution >= 4 is 0 Å². The highest BCUT2D eigenvalue weighted by atomic mass is 16.5. The molecule has 0 radical (unpaired) electrons. The molecule has 1 unspecified atom stereocenters. The van der Waals surface area contributed by atoms with E-state index in [1.54, 1.807) is 6.26 Å². The van der Waals surface area contributed by atoms with Crippen molar-refractivity contribution < 1.29 is 13.9 Å². The van der Waals surface area contributed by atoms with Gasteiger partial charge in [0, 0.05) is 6.54 Å². The highest BCUT2D eigenvalue weighted by Gasteiger charge is 2.16. The quantitative estimate of drug-likeness (QED) is 0.592. The first kappa shape index (κ1) is 18.1. The summed E-state index contributed by atoms with van der Waals surface area (Å²) in [4.78, 5) is 0. The molecule has 4 heteroatoms. The predicted octanol–water partition coefficient (Wildman–Crippen LogP) is 4.96. The van der Waals surface area contributed by atoms with Gasteiger partial charge in [0.05, 0.1) is 25.5 Å². The van der Waals surface area contributed by atoms with Gasteiger partial charge in [-0.1, -0.05) is 36.4 Å². The smallest absolute Gasteiger partial charge is 0.161 e. The lowest BCUT2D eigenvalue weighted by Gasteiger charge is -2.18. The molecule has 0 amide bonds. The van der Waals surface area contributed by atoms with E-state index in [9.17, 15) is 0 Å². The first-order valence-electron chi connectivity index (χ1n) is 9.02. The summed E-state index contributed by atoms with van der Waals surface area (Å²) in [6.07, 6.45) is 1.71. The molecule has 2 aromatic carbocycles. The summed E-state index contributed by atoms with van der Waals surface area (Å²) in [5, 5.41) is 3.59. The molecule has 1 N–H and O–H groups in total. The van der Waals surface area contributed by atoms with Gasteiger partial charge in [0.25, 0.3) is 0 Å². The highest BCUT2D eigenvalue weighted by Crippen LogP contribution is 2.29. The van der Waals surface area contributed by atoms with Crippen molar-refractivity contribution in [2.24, 2.45) is 0 Å². The van der Waals surface area contributed by atoms with E-state index in [2.05, 4.69) is 23.5 Å². The van der Waals surface area contributed by atoms with Crippen molar-refractivity contribution in [3.63, 3.8) is 0 Å². The van der Waals surface area contributed by atoms with E-state index in [4.69, 9.17) is 13.9 Å². The molecule has 0 spiro atoms. The summed E-state index contributed by atoms with van der Waals surface area (Å²) in [7, 11) is 0. The Morgan fingerprint density at radius 2 is 1.65 bits per heavy atom. The first-order chi connectivity index (χ1) is 12.8. The van der Waals surface area contributed by atoms with Crippen LogP contribution in [0, 0.1) is 0 Å². The molecule has 136 valence electrons. The van der Waals surface area contributed by atoms with Gasteiger partial charge in [-0.15, -0.1) is 0 Å². The zero-order valence-corrected chi connectivity index (χ0v) is 15.3. The molecule has 0 aliphatic heterocycles. The number of hydrogen-bond donors (Lipinski definition) is 1. The van der Waals surface area contributed by atoms with E-state index < -0.39 is 0 Å². The van der Waals surface area contributed by atoms with Crippen molar-refractivity contribution in [3.05, 3.63) is 83.8 Å². The van der Waals surface area contributed by atoms with Gasteiger partial charge in [-0.3, -0.25) is 5.32 Å². The summed E-state index contributed by atoms with van der Waals surface area (Å²) in [6, 6.07) is 20.3. The molecule has 1 heterocycles. The Morgan fingerprint density at radius 3 is 2.35 bits per heavy atom. The standard InChI is InChI=1S/C22H25NO3/c1-3-24-19-13-12-17(15-21(19)25-4-2)16-23-22(20-11-8-14-26-20)18-9-6-5-7-10-18/h5-15,22-23H,3-4,16H2,1-2H3. The Bertz CT molecular complexity index is 784. The maximum Gasteiger partial charge on any atom is 0.161 e. The predicted molar refractivity (Wildman–Crippen MR) is 103 cm³/mol. The van der Waals surface area contributed by atoms with Crippen LogP contribution in [0.15, 0.2) is 71.3 Å². The molecule has 1 atom stereocenters. The summed E-state index contributed by atoms with van der Waals surface area (Å²) >= 11 is 0. The fourth-order valence-electron chi connectivity index (χ4n) is 2.91. The number of ether oxygens (including phenoxy) is 2. The van der Waals surface area contributed by atoms with Crippen LogP contribution in [0.25, 0.3) is 0 Å². The number of rotatable bonds is 9. The van der Waals surface area contributed by atoms with E-state index in [0.29, 0.717) is 19.8 Å². The molecule has 0 aliphatic carbocycles. The van der Waals surface area contributed by atoms with Gasteiger partial charge in [0.2, 0.25) is 0 Å². The number of benzene rings is 2. The second-order valence-corrected chi connectivity index (χ2v) is 5.89. The Kier molecular flexibility index (Phi) is 6.34. The minimum absolute atomic E-state index is 0.00619. The minimum atomic E-state index is -0.00619. The van der Waals surface area contributed by atoms with Gasteiger partial charge in [-0.2, -0.15) is 0 Å². The maximum absolute atomic E-state index is 5.72. The Labute approximate surface area is 154 Å². The second kappa shape index (κ2) is 9.11. The molecule has 0 saturated carbocycles. The molecule has 26 heavy (non-hydrogen) atoms. The molecule has 0 fully saturated rings. The van der Waals surface area contributed by atoms with Gasteiger partial charge in [-0.05, 0) is 49.2 Å². The molecule has 3 rings (SSSR count). The molecule has 0 bridgehead atoms.